The zero-order chi connectivity index (χ0) is 17.1. The molecule has 1 atom stereocenters. The molecule has 1 fully saturated rings. The first-order chi connectivity index (χ1) is 11.5. The molecule has 1 aliphatic rings. The number of nitrogens with zero attached hydrogens (tertiary/aromatic N) is 4. The van der Waals surface area contributed by atoms with Crippen LogP contribution in [-0.2, 0) is 7.05 Å². The highest BCUT2D eigenvalue weighted by atomic mass is 16.1. The third-order valence-corrected chi connectivity index (χ3v) is 4.06. The van der Waals surface area contributed by atoms with Gasteiger partial charge in [0.2, 0.25) is 0 Å². The third kappa shape index (κ3) is 3.67. The smallest absolute Gasteiger partial charge is 0.255 e. The van der Waals surface area contributed by atoms with Crippen LogP contribution in [0.5, 0.6) is 0 Å². The monoisotopic (exact) mass is 328 g/mol. The fraction of sp³-hybridized carbons (Fsp3) is 0.471. The van der Waals surface area contributed by atoms with Crippen LogP contribution < -0.4 is 15.5 Å². The summed E-state index contributed by atoms with van der Waals surface area (Å²) >= 11 is 0. The normalized spacial score (nSPS) is 17.3. The van der Waals surface area contributed by atoms with Gasteiger partial charge in [-0.15, -0.1) is 0 Å². The van der Waals surface area contributed by atoms with Crippen molar-refractivity contribution in [2.45, 2.75) is 32.4 Å². The zero-order valence-corrected chi connectivity index (χ0v) is 14.4. The van der Waals surface area contributed by atoms with Crippen molar-refractivity contribution in [3.8, 4) is 0 Å². The Kier molecular flexibility index (Phi) is 4.69. The molecular formula is C17H24N6O. The standard InChI is InChI=1S/C17H24N6O/c1-12(2)20-16-15(5-4-7-18-16)17(24)21-13-6-8-23(10-13)14-9-19-22(3)11-14/h4-5,7,9,11-13H,6,8,10H2,1-3H3,(H,18,20)(H,21,24)/t13-/m0/s1. The summed E-state index contributed by atoms with van der Waals surface area (Å²) in [6.07, 6.45) is 6.47. The van der Waals surface area contributed by atoms with Gasteiger partial charge in [0.05, 0.1) is 17.4 Å². The molecule has 0 aromatic carbocycles. The van der Waals surface area contributed by atoms with E-state index < -0.39 is 0 Å². The minimum Gasteiger partial charge on any atom is -0.367 e. The molecule has 7 nitrogen and oxygen atoms in total. The van der Waals surface area contributed by atoms with Gasteiger partial charge in [0.25, 0.3) is 5.91 Å². The van der Waals surface area contributed by atoms with Crippen molar-refractivity contribution in [2.24, 2.45) is 7.05 Å². The van der Waals surface area contributed by atoms with Crippen molar-refractivity contribution in [3.63, 3.8) is 0 Å². The van der Waals surface area contributed by atoms with Crippen molar-refractivity contribution in [1.29, 1.82) is 0 Å². The van der Waals surface area contributed by atoms with E-state index in [9.17, 15) is 4.79 Å². The second-order valence-corrected chi connectivity index (χ2v) is 6.48. The predicted octanol–water partition coefficient (Wildman–Crippen LogP) is 1.64. The van der Waals surface area contributed by atoms with Crippen molar-refractivity contribution in [3.05, 3.63) is 36.3 Å². The van der Waals surface area contributed by atoms with E-state index in [0.717, 1.165) is 25.2 Å². The SMILES string of the molecule is CC(C)Nc1ncccc1C(=O)N[C@H]1CCN(c2cnn(C)c2)C1. The van der Waals surface area contributed by atoms with Crippen LogP contribution in [0, 0.1) is 0 Å². The van der Waals surface area contributed by atoms with Crippen LogP contribution in [0.4, 0.5) is 11.5 Å². The van der Waals surface area contributed by atoms with Crippen LogP contribution in [0.1, 0.15) is 30.6 Å². The molecule has 3 rings (SSSR count). The lowest BCUT2D eigenvalue weighted by atomic mass is 10.2. The number of nitrogens with one attached hydrogen (secondary N) is 2. The van der Waals surface area contributed by atoms with Crippen molar-refractivity contribution in [2.75, 3.05) is 23.3 Å². The Morgan fingerprint density at radius 1 is 1.42 bits per heavy atom. The van der Waals surface area contributed by atoms with E-state index in [1.165, 1.54) is 0 Å². The van der Waals surface area contributed by atoms with Crippen LogP contribution in [0.3, 0.4) is 0 Å². The number of carbonyl (C=O) groups excluding carboxylic acids is 1. The number of hydrogen-bond acceptors (Lipinski definition) is 5. The summed E-state index contributed by atoms with van der Waals surface area (Å²) in [5.74, 6) is 0.552. The topological polar surface area (TPSA) is 75.1 Å². The van der Waals surface area contributed by atoms with Crippen molar-refractivity contribution < 1.29 is 4.79 Å². The molecule has 1 amide bonds. The highest BCUT2D eigenvalue weighted by Gasteiger charge is 2.26. The van der Waals surface area contributed by atoms with Gasteiger partial charge in [-0.1, -0.05) is 0 Å². The Bertz CT molecular complexity index is 711. The van der Waals surface area contributed by atoms with Gasteiger partial charge in [0.15, 0.2) is 0 Å². The molecule has 2 aromatic rings. The van der Waals surface area contributed by atoms with E-state index in [2.05, 4.69) is 25.6 Å². The van der Waals surface area contributed by atoms with E-state index in [4.69, 9.17) is 0 Å². The molecule has 0 bridgehead atoms. The second kappa shape index (κ2) is 6.90. The molecule has 0 radical (unpaired) electrons. The number of carbonyl (C=O) groups is 1. The Hall–Kier alpha value is -2.57. The van der Waals surface area contributed by atoms with Gasteiger partial charge in [0, 0.05) is 44.6 Å². The van der Waals surface area contributed by atoms with Crippen LogP contribution in [-0.4, -0.2) is 45.8 Å². The average Bonchev–Trinajstić information content (AvgIpc) is 3.16. The molecule has 2 aromatic heterocycles. The van der Waals surface area contributed by atoms with Gasteiger partial charge in [-0.25, -0.2) is 4.98 Å². The molecule has 3 heterocycles. The molecule has 7 heteroatoms. The van der Waals surface area contributed by atoms with E-state index in [1.807, 2.05) is 33.3 Å². The van der Waals surface area contributed by atoms with Crippen LogP contribution in [0.25, 0.3) is 0 Å². The van der Waals surface area contributed by atoms with Crippen molar-refractivity contribution >= 4 is 17.4 Å². The van der Waals surface area contributed by atoms with E-state index in [-0.39, 0.29) is 18.0 Å². The fourth-order valence-electron chi connectivity index (χ4n) is 2.92. The minimum atomic E-state index is -0.0794. The maximum atomic E-state index is 12.6. The highest BCUT2D eigenvalue weighted by molar-refractivity contribution is 5.99. The molecular weight excluding hydrogens is 304 g/mol. The number of hydrogen-bond donors (Lipinski definition) is 2. The second-order valence-electron chi connectivity index (χ2n) is 6.48. The first-order valence-corrected chi connectivity index (χ1v) is 8.29. The minimum absolute atomic E-state index is 0.0794. The van der Waals surface area contributed by atoms with Gasteiger partial charge >= 0.3 is 0 Å². The zero-order valence-electron chi connectivity index (χ0n) is 14.4. The van der Waals surface area contributed by atoms with Gasteiger partial charge in [0.1, 0.15) is 5.82 Å². The van der Waals surface area contributed by atoms with Gasteiger partial charge < -0.3 is 15.5 Å². The maximum absolute atomic E-state index is 12.6. The predicted molar refractivity (Wildman–Crippen MR) is 94.3 cm³/mol. The molecule has 0 spiro atoms. The highest BCUT2D eigenvalue weighted by Crippen LogP contribution is 2.20. The Labute approximate surface area is 142 Å². The summed E-state index contributed by atoms with van der Waals surface area (Å²) in [5, 5.41) is 10.6. The number of pyridine rings is 1. The summed E-state index contributed by atoms with van der Waals surface area (Å²) in [5.41, 5.74) is 1.68. The Balaban J connectivity index is 1.64. The Morgan fingerprint density at radius 3 is 2.96 bits per heavy atom. The van der Waals surface area contributed by atoms with Crippen LogP contribution in [0.2, 0.25) is 0 Å². The number of aryl methyl sites for hydroxylation is 1. The molecule has 1 saturated heterocycles. The lowest BCUT2D eigenvalue weighted by Gasteiger charge is -2.18. The quantitative estimate of drug-likeness (QED) is 0.873. The van der Waals surface area contributed by atoms with Gasteiger partial charge in [-0.3, -0.25) is 9.48 Å². The molecule has 24 heavy (non-hydrogen) atoms. The molecule has 1 aliphatic heterocycles. The molecule has 0 aliphatic carbocycles. The first-order valence-electron chi connectivity index (χ1n) is 8.29. The van der Waals surface area contributed by atoms with E-state index in [0.29, 0.717) is 11.4 Å². The average molecular weight is 328 g/mol. The van der Waals surface area contributed by atoms with Crippen molar-refractivity contribution in [1.82, 2.24) is 20.1 Å². The maximum Gasteiger partial charge on any atom is 0.255 e. The number of aromatic nitrogens is 3. The van der Waals surface area contributed by atoms with Crippen LogP contribution >= 0.6 is 0 Å². The van der Waals surface area contributed by atoms with E-state index >= 15 is 0 Å². The molecule has 0 unspecified atom stereocenters. The lowest BCUT2D eigenvalue weighted by Crippen LogP contribution is -2.37. The largest absolute Gasteiger partial charge is 0.367 e. The summed E-state index contributed by atoms with van der Waals surface area (Å²) < 4.78 is 1.79. The Morgan fingerprint density at radius 2 is 2.25 bits per heavy atom. The van der Waals surface area contributed by atoms with Gasteiger partial charge in [-0.2, -0.15) is 5.10 Å². The van der Waals surface area contributed by atoms with Gasteiger partial charge in [-0.05, 0) is 32.4 Å². The lowest BCUT2D eigenvalue weighted by molar-refractivity contribution is 0.0941. The summed E-state index contributed by atoms with van der Waals surface area (Å²) in [4.78, 5) is 19.2. The summed E-state index contributed by atoms with van der Waals surface area (Å²) in [6.45, 7) is 5.77. The third-order valence-electron chi connectivity index (χ3n) is 4.06. The van der Waals surface area contributed by atoms with Crippen LogP contribution in [0.15, 0.2) is 30.7 Å². The molecule has 0 saturated carbocycles. The summed E-state index contributed by atoms with van der Waals surface area (Å²) in [6, 6.07) is 3.95. The fourth-order valence-corrected chi connectivity index (χ4v) is 2.92. The number of anilines is 2. The first kappa shape index (κ1) is 16.3. The molecule has 2 N–H and O–H groups in total. The summed E-state index contributed by atoms with van der Waals surface area (Å²) in [7, 11) is 1.91. The number of rotatable bonds is 5. The number of amides is 1. The van der Waals surface area contributed by atoms with E-state index in [1.54, 1.807) is 23.0 Å². The molecule has 128 valence electrons.